The number of nitrogens with two attached hydrogens (primary N) is 1. The molecule has 14 heavy (non-hydrogen) atoms. The number of rotatable bonds is 0. The predicted molar refractivity (Wildman–Crippen MR) is 63.3 cm³/mol. The molecule has 0 aliphatic heterocycles. The fourth-order valence-corrected chi connectivity index (χ4v) is 2.14. The van der Waals surface area contributed by atoms with Crippen LogP contribution in [0.1, 0.15) is 11.3 Å². The maximum Gasteiger partial charge on any atom is 0.0766 e. The Balaban J connectivity index is 3.00. The largest absolute Gasteiger partial charge is 0.398 e. The van der Waals surface area contributed by atoms with Gasteiger partial charge in [0.15, 0.2) is 0 Å². The molecule has 0 saturated heterocycles. The standard InChI is InChI=1S/C11H11BrN2/c1-6-3-4-8(12)10-9(13)5-7(2)14-11(6)10/h3-5H,1-2H3,(H2,13,14). The van der Waals surface area contributed by atoms with E-state index in [1.54, 1.807) is 0 Å². The molecule has 1 aromatic heterocycles. The van der Waals surface area contributed by atoms with Gasteiger partial charge in [-0.05, 0) is 31.5 Å². The number of fused-ring (bicyclic) bond motifs is 1. The predicted octanol–water partition coefficient (Wildman–Crippen LogP) is 3.20. The maximum atomic E-state index is 5.96. The van der Waals surface area contributed by atoms with Crippen molar-refractivity contribution in [1.82, 2.24) is 4.98 Å². The van der Waals surface area contributed by atoms with Gasteiger partial charge in [-0.3, -0.25) is 4.98 Å². The van der Waals surface area contributed by atoms with Crippen LogP contribution < -0.4 is 5.73 Å². The quantitative estimate of drug-likeness (QED) is 0.780. The minimum atomic E-state index is 0.781. The molecule has 2 nitrogen and oxygen atoms in total. The summed E-state index contributed by atoms with van der Waals surface area (Å²) in [5, 5.41) is 1.01. The van der Waals surface area contributed by atoms with Crippen molar-refractivity contribution < 1.29 is 0 Å². The highest BCUT2D eigenvalue weighted by Gasteiger charge is 2.06. The van der Waals surface area contributed by atoms with Crippen LogP contribution in [0.2, 0.25) is 0 Å². The van der Waals surface area contributed by atoms with E-state index in [4.69, 9.17) is 5.73 Å². The van der Waals surface area contributed by atoms with Crippen molar-refractivity contribution >= 4 is 32.5 Å². The number of halogens is 1. The van der Waals surface area contributed by atoms with Gasteiger partial charge in [-0.25, -0.2) is 0 Å². The summed E-state index contributed by atoms with van der Waals surface area (Å²) in [5.74, 6) is 0. The van der Waals surface area contributed by atoms with Crippen LogP contribution >= 0.6 is 15.9 Å². The molecule has 0 aliphatic carbocycles. The van der Waals surface area contributed by atoms with Crippen molar-refractivity contribution in [3.8, 4) is 0 Å². The zero-order valence-electron chi connectivity index (χ0n) is 8.13. The van der Waals surface area contributed by atoms with Crippen LogP contribution in [0.25, 0.3) is 10.9 Å². The molecule has 0 aliphatic rings. The van der Waals surface area contributed by atoms with Crippen LogP contribution in [0, 0.1) is 13.8 Å². The monoisotopic (exact) mass is 250 g/mol. The van der Waals surface area contributed by atoms with Crippen molar-refractivity contribution in [3.63, 3.8) is 0 Å². The summed E-state index contributed by atoms with van der Waals surface area (Å²) >= 11 is 3.49. The van der Waals surface area contributed by atoms with Crippen LogP contribution in [0.3, 0.4) is 0 Å². The van der Waals surface area contributed by atoms with Gasteiger partial charge in [-0.2, -0.15) is 0 Å². The summed E-state index contributed by atoms with van der Waals surface area (Å²) in [6.45, 7) is 4.00. The van der Waals surface area contributed by atoms with E-state index < -0.39 is 0 Å². The Morgan fingerprint density at radius 3 is 2.71 bits per heavy atom. The summed E-state index contributed by atoms with van der Waals surface area (Å²) < 4.78 is 1.00. The summed E-state index contributed by atoms with van der Waals surface area (Å²) in [6.07, 6.45) is 0. The Morgan fingerprint density at radius 2 is 2.00 bits per heavy atom. The molecule has 0 amide bonds. The van der Waals surface area contributed by atoms with Crippen LogP contribution in [0.15, 0.2) is 22.7 Å². The molecule has 0 fully saturated rings. The minimum Gasteiger partial charge on any atom is -0.398 e. The number of hydrogen-bond donors (Lipinski definition) is 1. The molecule has 0 spiro atoms. The van der Waals surface area contributed by atoms with Crippen molar-refractivity contribution in [1.29, 1.82) is 0 Å². The highest BCUT2D eigenvalue weighted by molar-refractivity contribution is 9.10. The zero-order chi connectivity index (χ0) is 10.3. The molecular weight excluding hydrogens is 240 g/mol. The van der Waals surface area contributed by atoms with Crippen LogP contribution in [-0.2, 0) is 0 Å². The Hall–Kier alpha value is -1.09. The average Bonchev–Trinajstić information content (AvgIpc) is 2.10. The molecule has 2 rings (SSSR count). The van der Waals surface area contributed by atoms with Crippen LogP contribution in [0.5, 0.6) is 0 Å². The minimum absolute atomic E-state index is 0.781. The molecular formula is C11H11BrN2. The normalized spacial score (nSPS) is 10.8. The number of anilines is 1. The maximum absolute atomic E-state index is 5.96. The lowest BCUT2D eigenvalue weighted by atomic mass is 10.1. The number of benzene rings is 1. The van der Waals surface area contributed by atoms with Gasteiger partial charge in [0, 0.05) is 21.2 Å². The second kappa shape index (κ2) is 3.24. The first-order valence-electron chi connectivity index (χ1n) is 4.41. The molecule has 0 unspecified atom stereocenters. The van der Waals surface area contributed by atoms with E-state index in [2.05, 4.69) is 20.9 Å². The topological polar surface area (TPSA) is 38.9 Å². The number of aromatic nitrogens is 1. The fraction of sp³-hybridized carbons (Fsp3) is 0.182. The van der Waals surface area contributed by atoms with Gasteiger partial charge in [0.1, 0.15) is 0 Å². The van der Waals surface area contributed by atoms with E-state index in [1.807, 2.05) is 32.0 Å². The van der Waals surface area contributed by atoms with E-state index in [0.717, 1.165) is 32.3 Å². The highest BCUT2D eigenvalue weighted by Crippen LogP contribution is 2.30. The Kier molecular flexibility index (Phi) is 2.19. The fourth-order valence-electron chi connectivity index (χ4n) is 1.60. The van der Waals surface area contributed by atoms with Crippen molar-refractivity contribution in [3.05, 3.63) is 33.9 Å². The molecule has 1 heterocycles. The van der Waals surface area contributed by atoms with Gasteiger partial charge in [-0.1, -0.05) is 22.0 Å². The number of nitrogens with zero attached hydrogens (tertiary/aromatic N) is 1. The molecule has 0 bridgehead atoms. The van der Waals surface area contributed by atoms with Gasteiger partial charge >= 0.3 is 0 Å². The lowest BCUT2D eigenvalue weighted by molar-refractivity contribution is 1.24. The highest BCUT2D eigenvalue weighted by atomic mass is 79.9. The Labute approximate surface area is 91.3 Å². The number of nitrogen functional groups attached to an aromatic ring is 1. The first kappa shape index (κ1) is 9.46. The van der Waals surface area contributed by atoms with Crippen LogP contribution in [-0.4, -0.2) is 4.98 Å². The molecule has 0 radical (unpaired) electrons. The van der Waals surface area contributed by atoms with E-state index >= 15 is 0 Å². The number of pyridine rings is 1. The zero-order valence-corrected chi connectivity index (χ0v) is 9.72. The molecule has 0 saturated carbocycles. The Bertz CT molecular complexity index is 506. The van der Waals surface area contributed by atoms with Gasteiger partial charge in [0.2, 0.25) is 0 Å². The number of aryl methyl sites for hydroxylation is 2. The summed E-state index contributed by atoms with van der Waals surface area (Å²) in [5.41, 5.74) is 9.83. The molecule has 2 aromatic rings. The van der Waals surface area contributed by atoms with Crippen molar-refractivity contribution in [2.24, 2.45) is 0 Å². The lowest BCUT2D eigenvalue weighted by Gasteiger charge is -2.07. The molecule has 2 N–H and O–H groups in total. The van der Waals surface area contributed by atoms with E-state index in [-0.39, 0.29) is 0 Å². The third kappa shape index (κ3) is 1.38. The molecule has 3 heteroatoms. The van der Waals surface area contributed by atoms with Crippen molar-refractivity contribution in [2.45, 2.75) is 13.8 Å². The summed E-state index contributed by atoms with van der Waals surface area (Å²) in [4.78, 5) is 4.49. The lowest BCUT2D eigenvalue weighted by Crippen LogP contribution is -1.94. The third-order valence-electron chi connectivity index (χ3n) is 2.27. The van der Waals surface area contributed by atoms with Crippen molar-refractivity contribution in [2.75, 3.05) is 5.73 Å². The summed E-state index contributed by atoms with van der Waals surface area (Å²) in [7, 11) is 0. The molecule has 1 aromatic carbocycles. The second-order valence-electron chi connectivity index (χ2n) is 3.44. The van der Waals surface area contributed by atoms with Gasteiger partial charge in [-0.15, -0.1) is 0 Å². The number of hydrogen-bond acceptors (Lipinski definition) is 2. The van der Waals surface area contributed by atoms with E-state index in [0.29, 0.717) is 0 Å². The van der Waals surface area contributed by atoms with Gasteiger partial charge in [0.05, 0.1) is 5.52 Å². The van der Waals surface area contributed by atoms with Gasteiger partial charge in [0.25, 0.3) is 0 Å². The van der Waals surface area contributed by atoms with E-state index in [1.165, 1.54) is 0 Å². The van der Waals surface area contributed by atoms with E-state index in [9.17, 15) is 0 Å². The first-order valence-corrected chi connectivity index (χ1v) is 5.21. The molecule has 0 atom stereocenters. The third-order valence-corrected chi connectivity index (χ3v) is 2.93. The Morgan fingerprint density at radius 1 is 1.29 bits per heavy atom. The smallest absolute Gasteiger partial charge is 0.0766 e. The average molecular weight is 251 g/mol. The first-order chi connectivity index (χ1) is 6.59. The van der Waals surface area contributed by atoms with Gasteiger partial charge < -0.3 is 5.73 Å². The second-order valence-corrected chi connectivity index (χ2v) is 4.30. The SMILES string of the molecule is Cc1cc(N)c2c(Br)ccc(C)c2n1. The summed E-state index contributed by atoms with van der Waals surface area (Å²) in [6, 6.07) is 5.94. The van der Waals surface area contributed by atoms with Crippen LogP contribution in [0.4, 0.5) is 5.69 Å². The molecule has 72 valence electrons.